The Kier molecular flexibility index (Phi) is 5.57. The fourth-order valence-corrected chi connectivity index (χ4v) is 2.54. The van der Waals surface area contributed by atoms with Crippen molar-refractivity contribution < 1.29 is 14.3 Å². The average molecular weight is 297 g/mol. The van der Waals surface area contributed by atoms with Crippen molar-refractivity contribution in [1.29, 1.82) is 0 Å². The van der Waals surface area contributed by atoms with Gasteiger partial charge in [0, 0.05) is 13.6 Å². The van der Waals surface area contributed by atoms with Crippen LogP contribution < -0.4 is 16.4 Å². The summed E-state index contributed by atoms with van der Waals surface area (Å²) in [4.78, 5) is 24.0. The maximum atomic E-state index is 12.0. The maximum Gasteiger partial charge on any atom is 0.343 e. The number of rotatable bonds is 6. The van der Waals surface area contributed by atoms with E-state index >= 15 is 0 Å². The van der Waals surface area contributed by atoms with Gasteiger partial charge >= 0.3 is 5.97 Å². The third-order valence-corrected chi connectivity index (χ3v) is 3.57. The lowest BCUT2D eigenvalue weighted by molar-refractivity contribution is 0.0529. The SMILES string of the molecule is C=C(C)CNc1sc(C(=O)NC)c(N)c1C(=O)OCC. The number of nitrogens with one attached hydrogen (secondary N) is 2. The van der Waals surface area contributed by atoms with Gasteiger partial charge in [-0.15, -0.1) is 11.3 Å². The molecule has 0 aliphatic carbocycles. The van der Waals surface area contributed by atoms with Gasteiger partial charge in [0.15, 0.2) is 0 Å². The summed E-state index contributed by atoms with van der Waals surface area (Å²) in [6.45, 7) is 8.07. The molecule has 0 aliphatic rings. The molecule has 0 aliphatic heterocycles. The van der Waals surface area contributed by atoms with Crippen molar-refractivity contribution >= 4 is 33.9 Å². The Labute approximate surface area is 122 Å². The predicted octanol–water partition coefficient (Wildman–Crippen LogP) is 1.85. The normalized spacial score (nSPS) is 9.95. The summed E-state index contributed by atoms with van der Waals surface area (Å²) in [6.07, 6.45) is 0. The van der Waals surface area contributed by atoms with Crippen molar-refractivity contribution in [3.63, 3.8) is 0 Å². The van der Waals surface area contributed by atoms with Crippen LogP contribution in [0.2, 0.25) is 0 Å². The van der Waals surface area contributed by atoms with E-state index in [4.69, 9.17) is 10.5 Å². The highest BCUT2D eigenvalue weighted by atomic mass is 32.1. The largest absolute Gasteiger partial charge is 0.462 e. The Morgan fingerprint density at radius 2 is 2.10 bits per heavy atom. The molecule has 1 aromatic heterocycles. The number of amides is 1. The number of carbonyl (C=O) groups excluding carboxylic acids is 2. The van der Waals surface area contributed by atoms with Crippen LogP contribution in [0.15, 0.2) is 12.2 Å². The Bertz CT molecular complexity index is 537. The van der Waals surface area contributed by atoms with Crippen LogP contribution in [-0.4, -0.2) is 32.1 Å². The molecule has 4 N–H and O–H groups in total. The quantitative estimate of drug-likeness (QED) is 0.550. The number of hydrogen-bond acceptors (Lipinski definition) is 6. The third-order valence-electron chi connectivity index (χ3n) is 2.41. The van der Waals surface area contributed by atoms with Crippen molar-refractivity contribution in [1.82, 2.24) is 5.32 Å². The van der Waals surface area contributed by atoms with Crippen LogP contribution in [0.4, 0.5) is 10.7 Å². The molecule has 1 heterocycles. The van der Waals surface area contributed by atoms with Gasteiger partial charge in [0.05, 0.1) is 12.3 Å². The van der Waals surface area contributed by atoms with Crippen molar-refractivity contribution in [3.05, 3.63) is 22.6 Å². The minimum atomic E-state index is -0.541. The van der Waals surface area contributed by atoms with Crippen LogP contribution in [0.3, 0.4) is 0 Å². The van der Waals surface area contributed by atoms with E-state index in [2.05, 4.69) is 17.2 Å². The standard InChI is InChI=1S/C13H19N3O3S/c1-5-19-13(18)8-9(14)10(11(17)15-4)20-12(8)16-6-7(2)3/h16H,2,5-6,14H2,1,3-4H3,(H,15,17). The Morgan fingerprint density at radius 3 is 2.60 bits per heavy atom. The second kappa shape index (κ2) is 6.95. The molecule has 7 heteroatoms. The number of esters is 1. The fourth-order valence-electron chi connectivity index (χ4n) is 1.49. The first-order valence-electron chi connectivity index (χ1n) is 6.12. The van der Waals surface area contributed by atoms with E-state index in [0.717, 1.165) is 16.9 Å². The molecular weight excluding hydrogens is 278 g/mol. The number of nitrogen functional groups attached to an aromatic ring is 1. The van der Waals surface area contributed by atoms with Crippen LogP contribution >= 0.6 is 11.3 Å². The zero-order chi connectivity index (χ0) is 15.3. The van der Waals surface area contributed by atoms with E-state index in [1.54, 1.807) is 6.92 Å². The van der Waals surface area contributed by atoms with Gasteiger partial charge in [0.25, 0.3) is 5.91 Å². The van der Waals surface area contributed by atoms with Gasteiger partial charge in [-0.1, -0.05) is 12.2 Å². The summed E-state index contributed by atoms with van der Waals surface area (Å²) in [5.41, 5.74) is 7.14. The van der Waals surface area contributed by atoms with Gasteiger partial charge in [-0.2, -0.15) is 0 Å². The van der Waals surface area contributed by atoms with Gasteiger partial charge in [-0.3, -0.25) is 4.79 Å². The minimum Gasteiger partial charge on any atom is -0.462 e. The Morgan fingerprint density at radius 1 is 1.45 bits per heavy atom. The molecule has 0 saturated heterocycles. The molecule has 0 atom stereocenters. The maximum absolute atomic E-state index is 12.0. The van der Waals surface area contributed by atoms with Gasteiger partial charge in [-0.05, 0) is 13.8 Å². The lowest BCUT2D eigenvalue weighted by Crippen LogP contribution is -2.18. The van der Waals surface area contributed by atoms with Crippen molar-refractivity contribution in [2.45, 2.75) is 13.8 Å². The monoisotopic (exact) mass is 297 g/mol. The summed E-state index contributed by atoms with van der Waals surface area (Å²) < 4.78 is 4.98. The van der Waals surface area contributed by atoms with E-state index in [1.165, 1.54) is 7.05 Å². The summed E-state index contributed by atoms with van der Waals surface area (Å²) in [5, 5.41) is 6.06. The lowest BCUT2D eigenvalue weighted by atomic mass is 10.2. The molecule has 20 heavy (non-hydrogen) atoms. The molecule has 0 saturated carbocycles. The number of ether oxygens (including phenoxy) is 1. The van der Waals surface area contributed by atoms with E-state index in [0.29, 0.717) is 16.4 Å². The average Bonchev–Trinajstić information content (AvgIpc) is 2.72. The van der Waals surface area contributed by atoms with Crippen LogP contribution in [0, 0.1) is 0 Å². The molecule has 6 nitrogen and oxygen atoms in total. The number of thiophene rings is 1. The number of anilines is 2. The molecule has 1 amide bonds. The highest BCUT2D eigenvalue weighted by Gasteiger charge is 2.25. The van der Waals surface area contributed by atoms with E-state index in [9.17, 15) is 9.59 Å². The molecule has 0 aromatic carbocycles. The second-order valence-corrected chi connectivity index (χ2v) is 5.18. The Balaban J connectivity index is 3.21. The van der Waals surface area contributed by atoms with Gasteiger partial charge in [0.1, 0.15) is 15.4 Å². The van der Waals surface area contributed by atoms with Crippen LogP contribution in [0.25, 0.3) is 0 Å². The number of hydrogen-bond donors (Lipinski definition) is 3. The topological polar surface area (TPSA) is 93.5 Å². The molecular formula is C13H19N3O3S. The third kappa shape index (κ3) is 3.51. The van der Waals surface area contributed by atoms with E-state index < -0.39 is 5.97 Å². The number of nitrogens with two attached hydrogens (primary N) is 1. The molecule has 0 radical (unpaired) electrons. The first-order chi connectivity index (χ1) is 9.42. The molecule has 0 spiro atoms. The Hall–Kier alpha value is -2.02. The second-order valence-electron chi connectivity index (χ2n) is 4.16. The summed E-state index contributed by atoms with van der Waals surface area (Å²) >= 11 is 1.12. The predicted molar refractivity (Wildman–Crippen MR) is 81.4 cm³/mol. The first-order valence-corrected chi connectivity index (χ1v) is 6.93. The highest BCUT2D eigenvalue weighted by Crippen LogP contribution is 2.36. The zero-order valence-electron chi connectivity index (χ0n) is 11.8. The first kappa shape index (κ1) is 16.0. The molecule has 0 unspecified atom stereocenters. The van der Waals surface area contributed by atoms with Gasteiger partial charge in [-0.25, -0.2) is 4.79 Å². The van der Waals surface area contributed by atoms with Crippen molar-refractivity contribution in [3.8, 4) is 0 Å². The summed E-state index contributed by atoms with van der Waals surface area (Å²) in [6, 6.07) is 0. The smallest absolute Gasteiger partial charge is 0.343 e. The van der Waals surface area contributed by atoms with E-state index in [-0.39, 0.29) is 23.8 Å². The summed E-state index contributed by atoms with van der Waals surface area (Å²) in [7, 11) is 1.51. The van der Waals surface area contributed by atoms with Crippen LogP contribution in [0.1, 0.15) is 33.9 Å². The number of carbonyl (C=O) groups is 2. The summed E-state index contributed by atoms with van der Waals surface area (Å²) in [5.74, 6) is -0.873. The van der Waals surface area contributed by atoms with Crippen molar-refractivity contribution in [2.24, 2.45) is 0 Å². The minimum absolute atomic E-state index is 0.136. The fraction of sp³-hybridized carbons (Fsp3) is 0.385. The molecule has 0 fully saturated rings. The van der Waals surface area contributed by atoms with Gasteiger partial charge in [0.2, 0.25) is 0 Å². The molecule has 1 rings (SSSR count). The lowest BCUT2D eigenvalue weighted by Gasteiger charge is -2.07. The molecule has 1 aromatic rings. The molecule has 110 valence electrons. The van der Waals surface area contributed by atoms with Crippen LogP contribution in [0.5, 0.6) is 0 Å². The van der Waals surface area contributed by atoms with E-state index in [1.807, 2.05) is 6.92 Å². The molecule has 0 bridgehead atoms. The van der Waals surface area contributed by atoms with Crippen LogP contribution in [-0.2, 0) is 4.74 Å². The highest BCUT2D eigenvalue weighted by molar-refractivity contribution is 7.19. The van der Waals surface area contributed by atoms with Crippen molar-refractivity contribution in [2.75, 3.05) is 31.2 Å². The van der Waals surface area contributed by atoms with Gasteiger partial charge < -0.3 is 21.1 Å². The zero-order valence-corrected chi connectivity index (χ0v) is 12.6.